The Morgan fingerprint density at radius 2 is 1.84 bits per heavy atom. The van der Waals surface area contributed by atoms with Gasteiger partial charge < -0.3 is 19.9 Å². The lowest BCUT2D eigenvalue weighted by Gasteiger charge is -2.25. The maximum Gasteiger partial charge on any atom is 0.127 e. The standard InChI is InChI=1S/C15H25NO3/c1-5-15(17,6-2)11-16-10-12-7-8-13(18-3)9-14(12)19-4/h7-9,16-17H,5-6,10-11H2,1-4H3. The Balaban J connectivity index is 2.62. The molecule has 0 bridgehead atoms. The van der Waals surface area contributed by atoms with Crippen LogP contribution in [-0.2, 0) is 6.54 Å². The minimum atomic E-state index is -0.625. The molecule has 0 radical (unpaired) electrons. The smallest absolute Gasteiger partial charge is 0.127 e. The van der Waals surface area contributed by atoms with Crippen molar-refractivity contribution in [3.05, 3.63) is 23.8 Å². The highest BCUT2D eigenvalue weighted by molar-refractivity contribution is 5.40. The van der Waals surface area contributed by atoms with Gasteiger partial charge in [-0.05, 0) is 18.9 Å². The van der Waals surface area contributed by atoms with Crippen LogP contribution in [0.1, 0.15) is 32.3 Å². The fourth-order valence-corrected chi connectivity index (χ4v) is 1.93. The fraction of sp³-hybridized carbons (Fsp3) is 0.600. The summed E-state index contributed by atoms with van der Waals surface area (Å²) < 4.78 is 10.5. The highest BCUT2D eigenvalue weighted by Crippen LogP contribution is 2.24. The van der Waals surface area contributed by atoms with Gasteiger partial charge in [-0.2, -0.15) is 0 Å². The van der Waals surface area contributed by atoms with Crippen LogP contribution in [0.15, 0.2) is 18.2 Å². The SMILES string of the molecule is CCC(O)(CC)CNCc1ccc(OC)cc1OC. The number of methoxy groups -OCH3 is 2. The summed E-state index contributed by atoms with van der Waals surface area (Å²) in [7, 11) is 3.28. The van der Waals surface area contributed by atoms with Gasteiger partial charge in [0.1, 0.15) is 11.5 Å². The van der Waals surface area contributed by atoms with Crippen LogP contribution in [0, 0.1) is 0 Å². The molecule has 1 aromatic rings. The number of hydrogen-bond donors (Lipinski definition) is 2. The molecule has 1 rings (SSSR count). The largest absolute Gasteiger partial charge is 0.497 e. The second kappa shape index (κ2) is 7.36. The predicted molar refractivity (Wildman–Crippen MR) is 76.8 cm³/mol. The van der Waals surface area contributed by atoms with Gasteiger partial charge in [0.05, 0.1) is 19.8 Å². The van der Waals surface area contributed by atoms with E-state index in [4.69, 9.17) is 9.47 Å². The van der Waals surface area contributed by atoms with Crippen molar-refractivity contribution in [3.8, 4) is 11.5 Å². The average molecular weight is 267 g/mol. The Hall–Kier alpha value is -1.26. The van der Waals surface area contributed by atoms with Crippen LogP contribution in [0.2, 0.25) is 0 Å². The van der Waals surface area contributed by atoms with Crippen molar-refractivity contribution in [2.24, 2.45) is 0 Å². The summed E-state index contributed by atoms with van der Waals surface area (Å²) in [5.74, 6) is 1.57. The summed E-state index contributed by atoms with van der Waals surface area (Å²) >= 11 is 0. The van der Waals surface area contributed by atoms with Gasteiger partial charge in [-0.15, -0.1) is 0 Å². The molecule has 4 heteroatoms. The van der Waals surface area contributed by atoms with E-state index in [9.17, 15) is 5.11 Å². The number of nitrogens with one attached hydrogen (secondary N) is 1. The molecule has 0 amide bonds. The van der Waals surface area contributed by atoms with Crippen molar-refractivity contribution in [2.75, 3.05) is 20.8 Å². The fourth-order valence-electron chi connectivity index (χ4n) is 1.93. The van der Waals surface area contributed by atoms with Gasteiger partial charge in [0.2, 0.25) is 0 Å². The number of hydrogen-bond acceptors (Lipinski definition) is 4. The Labute approximate surface area is 115 Å². The molecule has 0 heterocycles. The van der Waals surface area contributed by atoms with Gasteiger partial charge in [-0.3, -0.25) is 0 Å². The summed E-state index contributed by atoms with van der Waals surface area (Å²) in [5, 5.41) is 13.5. The van der Waals surface area contributed by atoms with E-state index < -0.39 is 5.60 Å². The van der Waals surface area contributed by atoms with E-state index in [0.29, 0.717) is 13.1 Å². The molecule has 0 fully saturated rings. The van der Waals surface area contributed by atoms with Gasteiger partial charge >= 0.3 is 0 Å². The molecule has 0 aliphatic carbocycles. The molecule has 0 atom stereocenters. The van der Waals surface area contributed by atoms with Crippen LogP contribution < -0.4 is 14.8 Å². The average Bonchev–Trinajstić information content (AvgIpc) is 2.47. The van der Waals surface area contributed by atoms with Gasteiger partial charge in [-0.25, -0.2) is 0 Å². The third-order valence-electron chi connectivity index (χ3n) is 3.58. The van der Waals surface area contributed by atoms with Crippen molar-refractivity contribution in [1.82, 2.24) is 5.32 Å². The first kappa shape index (κ1) is 15.8. The minimum absolute atomic E-state index is 0.579. The van der Waals surface area contributed by atoms with E-state index in [1.165, 1.54) is 0 Å². The quantitative estimate of drug-likeness (QED) is 0.759. The monoisotopic (exact) mass is 267 g/mol. The zero-order chi connectivity index (χ0) is 14.3. The zero-order valence-corrected chi connectivity index (χ0v) is 12.3. The van der Waals surface area contributed by atoms with Crippen LogP contribution in [0.3, 0.4) is 0 Å². The van der Waals surface area contributed by atoms with Gasteiger partial charge in [0.15, 0.2) is 0 Å². The lowest BCUT2D eigenvalue weighted by molar-refractivity contribution is 0.0322. The highest BCUT2D eigenvalue weighted by atomic mass is 16.5. The molecule has 1 aromatic carbocycles. The molecular weight excluding hydrogens is 242 g/mol. The lowest BCUT2D eigenvalue weighted by Crippen LogP contribution is -2.39. The lowest BCUT2D eigenvalue weighted by atomic mass is 9.97. The molecule has 108 valence electrons. The second-order valence-electron chi connectivity index (χ2n) is 4.71. The van der Waals surface area contributed by atoms with Crippen LogP contribution >= 0.6 is 0 Å². The zero-order valence-electron chi connectivity index (χ0n) is 12.3. The Bertz CT molecular complexity index is 389. The minimum Gasteiger partial charge on any atom is -0.497 e. The summed E-state index contributed by atoms with van der Waals surface area (Å²) in [5.41, 5.74) is 0.428. The van der Waals surface area contributed by atoms with E-state index in [-0.39, 0.29) is 0 Å². The van der Waals surface area contributed by atoms with Gasteiger partial charge in [-0.1, -0.05) is 19.9 Å². The van der Waals surface area contributed by atoms with Crippen LogP contribution in [0.25, 0.3) is 0 Å². The number of rotatable bonds is 8. The summed E-state index contributed by atoms with van der Waals surface area (Å²) in [6.45, 7) is 5.24. The number of ether oxygens (including phenoxy) is 2. The number of benzene rings is 1. The third-order valence-corrected chi connectivity index (χ3v) is 3.58. The van der Waals surface area contributed by atoms with Crippen molar-refractivity contribution < 1.29 is 14.6 Å². The van der Waals surface area contributed by atoms with E-state index in [2.05, 4.69) is 5.32 Å². The third kappa shape index (κ3) is 4.40. The van der Waals surface area contributed by atoms with Crippen LogP contribution in [0.5, 0.6) is 11.5 Å². The topological polar surface area (TPSA) is 50.7 Å². The Morgan fingerprint density at radius 1 is 1.16 bits per heavy atom. The van der Waals surface area contributed by atoms with Crippen molar-refractivity contribution in [2.45, 2.75) is 38.8 Å². The molecule has 0 aliphatic heterocycles. The van der Waals surface area contributed by atoms with Gasteiger partial charge in [0.25, 0.3) is 0 Å². The summed E-state index contributed by atoms with van der Waals surface area (Å²) in [4.78, 5) is 0. The molecule has 0 aliphatic rings. The maximum absolute atomic E-state index is 10.2. The molecule has 0 aromatic heterocycles. The molecule has 19 heavy (non-hydrogen) atoms. The Morgan fingerprint density at radius 3 is 2.37 bits per heavy atom. The van der Waals surface area contributed by atoms with Crippen LogP contribution in [-0.4, -0.2) is 31.5 Å². The van der Waals surface area contributed by atoms with E-state index in [1.807, 2.05) is 32.0 Å². The van der Waals surface area contributed by atoms with Crippen molar-refractivity contribution in [1.29, 1.82) is 0 Å². The van der Waals surface area contributed by atoms with Gasteiger partial charge in [0, 0.05) is 24.7 Å². The molecule has 0 saturated carbocycles. The second-order valence-corrected chi connectivity index (χ2v) is 4.71. The first-order valence-corrected chi connectivity index (χ1v) is 6.72. The number of aliphatic hydroxyl groups is 1. The molecule has 0 saturated heterocycles. The molecule has 0 spiro atoms. The maximum atomic E-state index is 10.2. The normalized spacial score (nSPS) is 11.4. The summed E-state index contributed by atoms with van der Waals surface area (Å²) in [6.07, 6.45) is 1.49. The van der Waals surface area contributed by atoms with Crippen molar-refractivity contribution in [3.63, 3.8) is 0 Å². The molecule has 4 nitrogen and oxygen atoms in total. The van der Waals surface area contributed by atoms with E-state index in [1.54, 1.807) is 14.2 Å². The van der Waals surface area contributed by atoms with Crippen LogP contribution in [0.4, 0.5) is 0 Å². The Kier molecular flexibility index (Phi) is 6.12. The summed E-state index contributed by atoms with van der Waals surface area (Å²) in [6, 6.07) is 5.75. The molecular formula is C15H25NO3. The van der Waals surface area contributed by atoms with E-state index >= 15 is 0 Å². The van der Waals surface area contributed by atoms with E-state index in [0.717, 1.165) is 29.9 Å². The molecule has 0 unspecified atom stereocenters. The van der Waals surface area contributed by atoms with Crippen molar-refractivity contribution >= 4 is 0 Å². The first-order chi connectivity index (χ1) is 9.08. The highest BCUT2D eigenvalue weighted by Gasteiger charge is 2.21. The first-order valence-electron chi connectivity index (χ1n) is 6.72. The predicted octanol–water partition coefficient (Wildman–Crippen LogP) is 2.34. The molecule has 2 N–H and O–H groups in total.